The van der Waals surface area contributed by atoms with Gasteiger partial charge in [-0.1, -0.05) is 104 Å². The molecule has 0 radical (unpaired) electrons. The van der Waals surface area contributed by atoms with E-state index in [0.29, 0.717) is 11.6 Å². The molecule has 1 saturated carbocycles. The van der Waals surface area contributed by atoms with Crippen LogP contribution in [0.25, 0.3) is 0 Å². The Kier molecular flexibility index (Phi) is 17.1. The molecule has 0 spiro atoms. The van der Waals surface area contributed by atoms with Gasteiger partial charge in [0.05, 0.1) is 30.8 Å². The number of hydrogen-bond acceptors (Lipinski definition) is 9. The summed E-state index contributed by atoms with van der Waals surface area (Å²) in [6.45, 7) is 10.4. The molecule has 0 bridgehead atoms. The number of rotatable bonds is 10. The fraction of sp³-hybridized carbons (Fsp3) is 0.568. The van der Waals surface area contributed by atoms with E-state index >= 15 is 0 Å². The Morgan fingerprint density at radius 2 is 1.43 bits per heavy atom. The Morgan fingerprint density at radius 1 is 0.918 bits per heavy atom. The van der Waals surface area contributed by atoms with E-state index in [2.05, 4.69) is 66.7 Å². The number of benzene rings is 2. The van der Waals surface area contributed by atoms with Gasteiger partial charge >= 0.3 is 35.3 Å². The SMILES string of the molecule is COc1cc(COC(=O)OC2=CN(C3CCCCCCCCCCC3)[CH-]N2c2c(C(C)C)cccc2C(C)C)c([N+](=O)[O-])cc1OC.[Cl][Au]. The van der Waals surface area contributed by atoms with E-state index in [1.807, 2.05) is 11.1 Å². The fourth-order valence-electron chi connectivity index (χ4n) is 6.53. The van der Waals surface area contributed by atoms with Crippen molar-refractivity contribution in [3.63, 3.8) is 0 Å². The van der Waals surface area contributed by atoms with E-state index in [-0.39, 0.29) is 41.5 Å². The van der Waals surface area contributed by atoms with Crippen LogP contribution in [0, 0.1) is 16.8 Å². The Morgan fingerprint density at radius 3 is 1.92 bits per heavy atom. The van der Waals surface area contributed by atoms with Crippen LogP contribution in [0.1, 0.15) is 127 Å². The second-order valence-corrected chi connectivity index (χ2v) is 13.1. The average molecular weight is 883 g/mol. The number of anilines is 1. The van der Waals surface area contributed by atoms with Gasteiger partial charge in [0.25, 0.3) is 5.69 Å². The molecule has 10 nitrogen and oxygen atoms in total. The monoisotopic (exact) mass is 882 g/mol. The molecule has 2 aromatic rings. The summed E-state index contributed by atoms with van der Waals surface area (Å²) >= 11 is 1.75. The topological polar surface area (TPSA) is 104 Å². The van der Waals surface area contributed by atoms with Crippen LogP contribution in [0.15, 0.2) is 42.4 Å². The van der Waals surface area contributed by atoms with Crippen LogP contribution in [0.2, 0.25) is 0 Å². The third-order valence-electron chi connectivity index (χ3n) is 9.14. The van der Waals surface area contributed by atoms with Crippen molar-refractivity contribution in [3.8, 4) is 11.5 Å². The molecule has 0 saturated heterocycles. The summed E-state index contributed by atoms with van der Waals surface area (Å²) in [5.41, 5.74) is 3.22. The van der Waals surface area contributed by atoms with Crippen LogP contribution in [0.5, 0.6) is 11.5 Å². The molecule has 1 aliphatic carbocycles. The van der Waals surface area contributed by atoms with Crippen molar-refractivity contribution in [1.29, 1.82) is 0 Å². The summed E-state index contributed by atoms with van der Waals surface area (Å²) in [5, 5.41) is 11.8. The van der Waals surface area contributed by atoms with E-state index in [1.54, 1.807) is 20.0 Å². The molecule has 12 heteroatoms. The summed E-state index contributed by atoms with van der Waals surface area (Å²) in [4.78, 5) is 28.8. The number of hydrogen-bond donors (Lipinski definition) is 0. The van der Waals surface area contributed by atoms with Crippen molar-refractivity contribution in [2.75, 3.05) is 19.1 Å². The number of methoxy groups -OCH3 is 2. The molecule has 2 aliphatic rings. The molecular formula is C37H52AuClN3O7-. The van der Waals surface area contributed by atoms with Crippen LogP contribution < -0.4 is 14.4 Å². The first-order valence-electron chi connectivity index (χ1n) is 17.3. The van der Waals surface area contributed by atoms with E-state index in [9.17, 15) is 14.9 Å². The van der Waals surface area contributed by atoms with Crippen molar-refractivity contribution in [2.45, 2.75) is 123 Å². The Balaban J connectivity index is 0.00000319. The first kappa shape index (κ1) is 40.5. The molecule has 0 unspecified atom stereocenters. The third kappa shape index (κ3) is 11.3. The first-order chi connectivity index (χ1) is 23.6. The summed E-state index contributed by atoms with van der Waals surface area (Å²) < 4.78 is 22.0. The Hall–Kier alpha value is -2.92. The van der Waals surface area contributed by atoms with E-state index < -0.39 is 11.1 Å². The molecule has 4 rings (SSSR count). The zero-order chi connectivity index (χ0) is 35.9. The van der Waals surface area contributed by atoms with Crippen LogP contribution in [0.3, 0.4) is 0 Å². The molecule has 1 aliphatic heterocycles. The molecule has 49 heavy (non-hydrogen) atoms. The van der Waals surface area contributed by atoms with Gasteiger partial charge < -0.3 is 28.7 Å². The zero-order valence-electron chi connectivity index (χ0n) is 29.6. The van der Waals surface area contributed by atoms with Gasteiger partial charge in [0.1, 0.15) is 6.61 Å². The summed E-state index contributed by atoms with van der Waals surface area (Å²) in [6.07, 6.45) is 14.4. The van der Waals surface area contributed by atoms with Gasteiger partial charge in [0.15, 0.2) is 17.4 Å². The predicted molar refractivity (Wildman–Crippen MR) is 189 cm³/mol. The van der Waals surface area contributed by atoms with Gasteiger partial charge in [0, 0.05) is 17.9 Å². The Bertz CT molecular complexity index is 1370. The number of nitro benzene ring substituents is 1. The van der Waals surface area contributed by atoms with Gasteiger partial charge in [-0.25, -0.2) is 4.79 Å². The molecule has 276 valence electrons. The van der Waals surface area contributed by atoms with Crippen molar-refractivity contribution in [1.82, 2.24) is 4.90 Å². The molecule has 0 N–H and O–H groups in total. The zero-order valence-corrected chi connectivity index (χ0v) is 32.6. The number of para-hydroxylation sites is 1. The summed E-state index contributed by atoms with van der Waals surface area (Å²) in [5.74, 6) is 1.31. The van der Waals surface area contributed by atoms with E-state index in [0.717, 1.165) is 42.5 Å². The van der Waals surface area contributed by atoms with Gasteiger partial charge in [0.2, 0.25) is 0 Å². The van der Waals surface area contributed by atoms with E-state index in [1.165, 1.54) is 71.3 Å². The van der Waals surface area contributed by atoms with Crippen LogP contribution in [-0.2, 0) is 36.1 Å². The van der Waals surface area contributed by atoms with Crippen molar-refractivity contribution >= 4 is 26.7 Å². The fourth-order valence-corrected chi connectivity index (χ4v) is 6.53. The first-order valence-corrected chi connectivity index (χ1v) is 19.9. The second kappa shape index (κ2) is 20.7. The standard InChI is InChI=1S/C37H52N3O7.Au.ClH/c1-26(2)30-19-16-20-31(27(3)4)36(30)39-25-38(29-17-14-12-10-8-7-9-11-13-15-18-29)23-35(39)47-37(41)46-24-28-21-33(44-5)34(45-6)22-32(28)40(42)43;;/h16,19-23,25-27,29H,7-15,17-18,24H2,1-6H3;;1H/q-1;+1;/p-1. The summed E-state index contributed by atoms with van der Waals surface area (Å²) in [6, 6.07) is 9.32. The van der Waals surface area contributed by atoms with Crippen LogP contribution in [-0.4, -0.2) is 36.2 Å². The van der Waals surface area contributed by atoms with Gasteiger partial charge in [-0.15, -0.1) is 6.67 Å². The molecular weight excluding hydrogens is 831 g/mol. The molecule has 1 heterocycles. The number of nitrogens with zero attached hydrogens (tertiary/aromatic N) is 3. The number of halogens is 1. The number of carbonyl (C=O) groups excluding carboxylic acids is 1. The van der Waals surface area contributed by atoms with Gasteiger partial charge in [-0.3, -0.25) is 10.1 Å². The quantitative estimate of drug-likeness (QED) is 0.0758. The molecule has 0 atom stereocenters. The number of carbonyl (C=O) groups is 1. The number of nitro groups is 1. The minimum atomic E-state index is -0.951. The Labute approximate surface area is 308 Å². The van der Waals surface area contributed by atoms with Gasteiger partial charge in [-0.05, 0) is 41.9 Å². The van der Waals surface area contributed by atoms with Crippen molar-refractivity contribution < 1.29 is 48.7 Å². The predicted octanol–water partition coefficient (Wildman–Crippen LogP) is 10.6. The molecule has 0 amide bonds. The molecule has 0 aromatic heterocycles. The maximum atomic E-state index is 13.3. The third-order valence-corrected chi connectivity index (χ3v) is 9.14. The average Bonchev–Trinajstić information content (AvgIpc) is 3.50. The van der Waals surface area contributed by atoms with Crippen molar-refractivity contribution in [3.05, 3.63) is 75.9 Å². The number of ether oxygens (including phenoxy) is 4. The van der Waals surface area contributed by atoms with Gasteiger partial charge in [-0.2, -0.15) is 0 Å². The second-order valence-electron chi connectivity index (χ2n) is 13.1. The van der Waals surface area contributed by atoms with Crippen LogP contribution in [0.4, 0.5) is 16.2 Å². The molecule has 2 aromatic carbocycles. The minimum absolute atomic E-state index is 0.163. The van der Waals surface area contributed by atoms with Crippen LogP contribution >= 0.6 is 9.19 Å². The van der Waals surface area contributed by atoms with E-state index in [4.69, 9.17) is 18.9 Å². The maximum absolute atomic E-state index is 13.3. The summed E-state index contributed by atoms with van der Waals surface area (Å²) in [7, 11) is 7.43. The normalized spacial score (nSPS) is 16.3. The van der Waals surface area contributed by atoms with Crippen molar-refractivity contribution in [2.24, 2.45) is 0 Å². The molecule has 1 fully saturated rings.